The van der Waals surface area contributed by atoms with Gasteiger partial charge < -0.3 is 15.0 Å². The van der Waals surface area contributed by atoms with Gasteiger partial charge in [-0.2, -0.15) is 0 Å². The molecule has 120 valence electrons. The Kier molecular flexibility index (Phi) is 6.62. The molecule has 0 bridgehead atoms. The van der Waals surface area contributed by atoms with Crippen LogP contribution in [0.15, 0.2) is 12.1 Å². The molecule has 21 heavy (non-hydrogen) atoms. The molecule has 0 aliphatic rings. The van der Waals surface area contributed by atoms with Crippen molar-refractivity contribution in [3.63, 3.8) is 0 Å². The summed E-state index contributed by atoms with van der Waals surface area (Å²) in [5, 5.41) is 3.44. The Morgan fingerprint density at radius 3 is 2.48 bits per heavy atom. The third kappa shape index (κ3) is 6.02. The molecule has 0 saturated carbocycles. The minimum Gasteiger partial charge on any atom is -0.476 e. The fraction of sp³-hybridized carbons (Fsp3) is 0.706. The van der Waals surface area contributed by atoms with Gasteiger partial charge in [0.05, 0.1) is 0 Å². The molecule has 0 saturated heterocycles. The van der Waals surface area contributed by atoms with E-state index in [1.54, 1.807) is 0 Å². The van der Waals surface area contributed by atoms with Crippen molar-refractivity contribution < 1.29 is 4.74 Å². The first-order valence-electron chi connectivity index (χ1n) is 7.78. The van der Waals surface area contributed by atoms with Gasteiger partial charge in [0, 0.05) is 29.9 Å². The molecule has 1 aromatic heterocycles. The predicted molar refractivity (Wildman–Crippen MR) is 88.9 cm³/mol. The van der Waals surface area contributed by atoms with E-state index in [4.69, 9.17) is 4.74 Å². The van der Waals surface area contributed by atoms with Crippen LogP contribution in [0.25, 0.3) is 0 Å². The molecule has 1 N–H and O–H groups in total. The summed E-state index contributed by atoms with van der Waals surface area (Å²) in [4.78, 5) is 6.74. The molecule has 0 atom stereocenters. The van der Waals surface area contributed by atoms with Gasteiger partial charge in [-0.1, -0.05) is 20.8 Å². The van der Waals surface area contributed by atoms with Gasteiger partial charge in [0.25, 0.3) is 0 Å². The first-order chi connectivity index (χ1) is 9.74. The Hall–Kier alpha value is -1.13. The number of rotatable bonds is 8. The van der Waals surface area contributed by atoms with Crippen LogP contribution in [0.5, 0.6) is 5.88 Å². The van der Waals surface area contributed by atoms with Crippen molar-refractivity contribution in [3.8, 4) is 5.88 Å². The highest BCUT2D eigenvalue weighted by Crippen LogP contribution is 2.17. The van der Waals surface area contributed by atoms with Gasteiger partial charge >= 0.3 is 0 Å². The Morgan fingerprint density at radius 1 is 1.29 bits per heavy atom. The van der Waals surface area contributed by atoms with Crippen molar-refractivity contribution in [2.45, 2.75) is 59.2 Å². The Morgan fingerprint density at radius 2 is 1.95 bits per heavy atom. The largest absolute Gasteiger partial charge is 0.476 e. The smallest absolute Gasteiger partial charge is 0.213 e. The average molecular weight is 293 g/mol. The molecule has 0 aliphatic heterocycles. The van der Waals surface area contributed by atoms with Crippen LogP contribution in [0.2, 0.25) is 0 Å². The minimum absolute atomic E-state index is 0.0136. The van der Waals surface area contributed by atoms with Crippen molar-refractivity contribution in [1.29, 1.82) is 0 Å². The lowest BCUT2D eigenvalue weighted by atomic mass is 10.1. The van der Waals surface area contributed by atoms with Gasteiger partial charge in [-0.15, -0.1) is 0 Å². The lowest BCUT2D eigenvalue weighted by Gasteiger charge is -2.32. The normalized spacial score (nSPS) is 12.2. The van der Waals surface area contributed by atoms with E-state index < -0.39 is 0 Å². The SMILES string of the molecule is CCc1cc(CNC(C)C)cc(OCC(C)(C)N(C)C)n1. The Labute approximate surface area is 129 Å². The second kappa shape index (κ2) is 7.76. The van der Waals surface area contributed by atoms with Crippen molar-refractivity contribution in [3.05, 3.63) is 23.4 Å². The van der Waals surface area contributed by atoms with E-state index in [2.05, 4.69) is 70.0 Å². The van der Waals surface area contributed by atoms with Gasteiger partial charge in [-0.25, -0.2) is 4.98 Å². The van der Waals surface area contributed by atoms with E-state index in [9.17, 15) is 0 Å². The van der Waals surface area contributed by atoms with Crippen LogP contribution >= 0.6 is 0 Å². The van der Waals surface area contributed by atoms with Gasteiger partial charge in [0.15, 0.2) is 0 Å². The van der Waals surface area contributed by atoms with Crippen LogP contribution in [0.4, 0.5) is 0 Å². The third-order valence-electron chi connectivity index (χ3n) is 3.78. The summed E-state index contributed by atoms with van der Waals surface area (Å²) in [5.41, 5.74) is 2.30. The van der Waals surface area contributed by atoms with Crippen molar-refractivity contribution >= 4 is 0 Å². The van der Waals surface area contributed by atoms with Crippen molar-refractivity contribution in [2.75, 3.05) is 20.7 Å². The molecule has 0 unspecified atom stereocenters. The number of hydrogen-bond acceptors (Lipinski definition) is 4. The molecule has 1 heterocycles. The fourth-order valence-corrected chi connectivity index (χ4v) is 1.68. The van der Waals surface area contributed by atoms with Gasteiger partial charge in [0.2, 0.25) is 5.88 Å². The summed E-state index contributed by atoms with van der Waals surface area (Å²) in [6.07, 6.45) is 0.920. The molecular weight excluding hydrogens is 262 g/mol. The lowest BCUT2D eigenvalue weighted by molar-refractivity contribution is 0.111. The van der Waals surface area contributed by atoms with E-state index in [0.717, 1.165) is 24.5 Å². The van der Waals surface area contributed by atoms with Crippen LogP contribution in [-0.4, -0.2) is 42.2 Å². The maximum atomic E-state index is 5.94. The average Bonchev–Trinajstić information content (AvgIpc) is 2.42. The van der Waals surface area contributed by atoms with Gasteiger partial charge in [0.1, 0.15) is 6.61 Å². The number of nitrogens with one attached hydrogen (secondary N) is 1. The van der Waals surface area contributed by atoms with E-state index in [1.165, 1.54) is 5.56 Å². The molecule has 0 spiro atoms. The monoisotopic (exact) mass is 293 g/mol. The van der Waals surface area contributed by atoms with Crippen molar-refractivity contribution in [2.24, 2.45) is 0 Å². The van der Waals surface area contributed by atoms with E-state index >= 15 is 0 Å². The summed E-state index contributed by atoms with van der Waals surface area (Å²) in [7, 11) is 4.13. The molecular formula is C17H31N3O. The summed E-state index contributed by atoms with van der Waals surface area (Å²) in [6, 6.07) is 4.67. The predicted octanol–water partition coefficient (Wildman–Crippen LogP) is 2.86. The van der Waals surface area contributed by atoms with E-state index in [-0.39, 0.29) is 5.54 Å². The molecule has 0 aromatic carbocycles. The number of nitrogens with zero attached hydrogens (tertiary/aromatic N) is 2. The summed E-state index contributed by atoms with van der Waals surface area (Å²) in [5.74, 6) is 0.727. The third-order valence-corrected chi connectivity index (χ3v) is 3.78. The van der Waals surface area contributed by atoms with E-state index in [0.29, 0.717) is 12.6 Å². The number of likely N-dealkylation sites (N-methyl/N-ethyl adjacent to an activating group) is 1. The molecule has 1 aromatic rings. The zero-order valence-electron chi connectivity index (χ0n) is 14.7. The summed E-state index contributed by atoms with van der Waals surface area (Å²) < 4.78 is 5.94. The molecule has 0 fully saturated rings. The summed E-state index contributed by atoms with van der Waals surface area (Å²) in [6.45, 7) is 12.2. The molecule has 0 aliphatic carbocycles. The first kappa shape index (κ1) is 17.9. The van der Waals surface area contributed by atoms with Crippen LogP contribution in [0.3, 0.4) is 0 Å². The molecule has 0 radical (unpaired) electrons. The highest BCUT2D eigenvalue weighted by atomic mass is 16.5. The first-order valence-corrected chi connectivity index (χ1v) is 7.78. The van der Waals surface area contributed by atoms with Crippen LogP contribution in [0, 0.1) is 0 Å². The maximum Gasteiger partial charge on any atom is 0.213 e. The number of hydrogen-bond donors (Lipinski definition) is 1. The number of aryl methyl sites for hydroxylation is 1. The number of aromatic nitrogens is 1. The number of pyridine rings is 1. The quantitative estimate of drug-likeness (QED) is 0.800. The highest BCUT2D eigenvalue weighted by Gasteiger charge is 2.21. The standard InChI is InChI=1S/C17H31N3O/c1-8-15-9-14(11-18-13(2)3)10-16(19-15)21-12-17(4,5)20(6)7/h9-10,13,18H,8,11-12H2,1-7H3. The zero-order valence-corrected chi connectivity index (χ0v) is 14.7. The van der Waals surface area contributed by atoms with E-state index in [1.807, 2.05) is 6.07 Å². The molecule has 1 rings (SSSR count). The summed E-state index contributed by atoms with van der Waals surface area (Å²) >= 11 is 0. The second-order valence-corrected chi connectivity index (χ2v) is 6.69. The number of ether oxygens (including phenoxy) is 1. The zero-order chi connectivity index (χ0) is 16.0. The minimum atomic E-state index is -0.0136. The Bertz CT molecular complexity index is 442. The van der Waals surface area contributed by atoms with Gasteiger partial charge in [-0.3, -0.25) is 0 Å². The molecule has 0 amide bonds. The highest BCUT2D eigenvalue weighted by molar-refractivity contribution is 5.25. The maximum absolute atomic E-state index is 5.94. The topological polar surface area (TPSA) is 37.4 Å². The van der Waals surface area contributed by atoms with Crippen LogP contribution in [-0.2, 0) is 13.0 Å². The Balaban J connectivity index is 2.79. The fourth-order valence-electron chi connectivity index (χ4n) is 1.68. The van der Waals surface area contributed by atoms with Crippen molar-refractivity contribution in [1.82, 2.24) is 15.2 Å². The molecule has 4 heteroatoms. The van der Waals surface area contributed by atoms with Gasteiger partial charge in [-0.05, 0) is 46.0 Å². The van der Waals surface area contributed by atoms with Crippen LogP contribution < -0.4 is 10.1 Å². The second-order valence-electron chi connectivity index (χ2n) is 6.69. The van der Waals surface area contributed by atoms with Crippen LogP contribution in [0.1, 0.15) is 45.9 Å². The lowest BCUT2D eigenvalue weighted by Crippen LogP contribution is -2.43. The molecule has 4 nitrogen and oxygen atoms in total.